The second-order valence-corrected chi connectivity index (χ2v) is 8.98. The molecule has 0 spiro atoms. The largest absolute Gasteiger partial charge is 0.379 e. The Hall–Kier alpha value is -2.70. The Morgan fingerprint density at radius 1 is 0.969 bits per heavy atom. The standard InChI is InChI=1S/C26H32N4O2/c31-25(10-6-13-28-17-19-32-20-18-28)29-15-11-26(12-16-29,22-7-2-1-3-8-22)23-21-30-14-5-4-9-24(30)27-23/h1-5,7-9,14,21H,6,10-13,15-20H2. The quantitative estimate of drug-likeness (QED) is 0.599. The van der Waals surface area contributed by atoms with Gasteiger partial charge in [-0.3, -0.25) is 9.69 Å². The number of amides is 1. The minimum Gasteiger partial charge on any atom is -0.379 e. The minimum absolute atomic E-state index is 0.155. The average Bonchev–Trinajstić information content (AvgIpc) is 3.30. The van der Waals surface area contributed by atoms with Crippen LogP contribution in [-0.2, 0) is 14.9 Å². The van der Waals surface area contributed by atoms with Gasteiger partial charge in [-0.1, -0.05) is 36.4 Å². The number of carbonyl (C=O) groups is 1. The molecule has 2 fully saturated rings. The van der Waals surface area contributed by atoms with Crippen LogP contribution in [0.1, 0.15) is 36.9 Å². The van der Waals surface area contributed by atoms with Crippen LogP contribution in [0, 0.1) is 0 Å². The molecule has 2 aliphatic rings. The molecule has 6 heteroatoms. The molecule has 1 aromatic carbocycles. The van der Waals surface area contributed by atoms with Crippen molar-refractivity contribution in [3.05, 3.63) is 72.2 Å². The van der Waals surface area contributed by atoms with Gasteiger partial charge in [-0.2, -0.15) is 0 Å². The Bertz CT molecular complexity index is 1000. The number of rotatable bonds is 6. The Morgan fingerprint density at radius 3 is 2.47 bits per heavy atom. The van der Waals surface area contributed by atoms with Crippen molar-refractivity contribution in [1.29, 1.82) is 0 Å². The molecule has 2 saturated heterocycles. The molecule has 5 rings (SSSR count). The average molecular weight is 433 g/mol. The number of pyridine rings is 1. The number of aromatic nitrogens is 2. The molecule has 0 radical (unpaired) electrons. The molecule has 0 bridgehead atoms. The van der Waals surface area contributed by atoms with Crippen molar-refractivity contribution in [3.63, 3.8) is 0 Å². The third-order valence-corrected chi connectivity index (χ3v) is 7.12. The molecule has 2 aliphatic heterocycles. The van der Waals surface area contributed by atoms with Gasteiger partial charge in [0.25, 0.3) is 0 Å². The van der Waals surface area contributed by atoms with E-state index < -0.39 is 0 Å². The molecule has 168 valence electrons. The summed E-state index contributed by atoms with van der Waals surface area (Å²) in [6.07, 6.45) is 7.57. The maximum Gasteiger partial charge on any atom is 0.222 e. The van der Waals surface area contributed by atoms with Gasteiger partial charge in [0.2, 0.25) is 5.91 Å². The summed E-state index contributed by atoms with van der Waals surface area (Å²) in [6.45, 7) is 6.12. The van der Waals surface area contributed by atoms with E-state index in [1.165, 1.54) is 5.56 Å². The van der Waals surface area contributed by atoms with Crippen LogP contribution in [0.2, 0.25) is 0 Å². The highest BCUT2D eigenvalue weighted by Crippen LogP contribution is 2.41. The zero-order valence-electron chi connectivity index (χ0n) is 18.7. The lowest BCUT2D eigenvalue weighted by molar-refractivity contribution is -0.132. The van der Waals surface area contributed by atoms with Crippen molar-refractivity contribution < 1.29 is 9.53 Å². The number of ether oxygens (including phenoxy) is 1. The molecule has 3 aromatic rings. The predicted octanol–water partition coefficient (Wildman–Crippen LogP) is 3.36. The molecule has 0 N–H and O–H groups in total. The lowest BCUT2D eigenvalue weighted by atomic mass is 9.70. The van der Waals surface area contributed by atoms with E-state index in [9.17, 15) is 4.79 Å². The molecule has 4 heterocycles. The maximum atomic E-state index is 12.9. The monoisotopic (exact) mass is 432 g/mol. The summed E-state index contributed by atoms with van der Waals surface area (Å²) >= 11 is 0. The summed E-state index contributed by atoms with van der Waals surface area (Å²) < 4.78 is 7.51. The van der Waals surface area contributed by atoms with Gasteiger partial charge in [0.05, 0.1) is 18.9 Å². The first-order chi connectivity index (χ1) is 15.7. The van der Waals surface area contributed by atoms with Gasteiger partial charge in [-0.15, -0.1) is 0 Å². The van der Waals surface area contributed by atoms with Crippen LogP contribution in [0.5, 0.6) is 0 Å². The number of nitrogens with zero attached hydrogens (tertiary/aromatic N) is 4. The summed E-state index contributed by atoms with van der Waals surface area (Å²) in [5.74, 6) is 0.287. The van der Waals surface area contributed by atoms with Crippen LogP contribution in [0.3, 0.4) is 0 Å². The minimum atomic E-state index is -0.155. The molecular weight excluding hydrogens is 400 g/mol. The van der Waals surface area contributed by atoms with Crippen molar-refractivity contribution in [2.24, 2.45) is 0 Å². The second-order valence-electron chi connectivity index (χ2n) is 8.98. The van der Waals surface area contributed by atoms with Crippen molar-refractivity contribution >= 4 is 11.6 Å². The summed E-state index contributed by atoms with van der Waals surface area (Å²) in [7, 11) is 0. The van der Waals surface area contributed by atoms with Gasteiger partial charge in [0.15, 0.2) is 0 Å². The molecular formula is C26H32N4O2. The normalized spacial score (nSPS) is 19.3. The van der Waals surface area contributed by atoms with Crippen LogP contribution < -0.4 is 0 Å². The van der Waals surface area contributed by atoms with Crippen molar-refractivity contribution in [3.8, 4) is 0 Å². The molecule has 0 aliphatic carbocycles. The van der Waals surface area contributed by atoms with E-state index in [1.54, 1.807) is 0 Å². The number of fused-ring (bicyclic) bond motifs is 1. The van der Waals surface area contributed by atoms with Crippen LogP contribution >= 0.6 is 0 Å². The van der Waals surface area contributed by atoms with Crippen LogP contribution in [0.25, 0.3) is 5.65 Å². The van der Waals surface area contributed by atoms with E-state index in [0.717, 1.165) is 76.5 Å². The van der Waals surface area contributed by atoms with Crippen LogP contribution in [0.15, 0.2) is 60.9 Å². The fraction of sp³-hybridized carbons (Fsp3) is 0.462. The number of carbonyl (C=O) groups excluding carboxylic acids is 1. The molecule has 0 atom stereocenters. The SMILES string of the molecule is O=C(CCCN1CCOCC1)N1CCC(c2ccccc2)(c2cn3ccccc3n2)CC1. The molecule has 0 unspecified atom stereocenters. The van der Waals surface area contributed by atoms with E-state index in [-0.39, 0.29) is 11.3 Å². The van der Waals surface area contributed by atoms with Crippen molar-refractivity contribution in [2.75, 3.05) is 45.9 Å². The fourth-order valence-electron chi connectivity index (χ4n) is 5.19. The first kappa shape index (κ1) is 21.2. The Balaban J connectivity index is 1.28. The van der Waals surface area contributed by atoms with E-state index >= 15 is 0 Å². The maximum absolute atomic E-state index is 12.9. The Labute approximate surface area is 189 Å². The van der Waals surface area contributed by atoms with Gasteiger partial charge < -0.3 is 14.0 Å². The molecule has 32 heavy (non-hydrogen) atoms. The van der Waals surface area contributed by atoms with E-state index in [0.29, 0.717) is 6.42 Å². The topological polar surface area (TPSA) is 50.1 Å². The number of likely N-dealkylation sites (tertiary alicyclic amines) is 1. The smallest absolute Gasteiger partial charge is 0.222 e. The van der Waals surface area contributed by atoms with Gasteiger partial charge in [0.1, 0.15) is 5.65 Å². The van der Waals surface area contributed by atoms with Gasteiger partial charge in [0, 0.05) is 50.4 Å². The third-order valence-electron chi connectivity index (χ3n) is 7.12. The lowest BCUT2D eigenvalue weighted by Gasteiger charge is -2.41. The van der Waals surface area contributed by atoms with Gasteiger partial charge in [-0.05, 0) is 43.5 Å². The highest BCUT2D eigenvalue weighted by atomic mass is 16.5. The number of hydrogen-bond acceptors (Lipinski definition) is 4. The van der Waals surface area contributed by atoms with Crippen molar-refractivity contribution in [2.45, 2.75) is 31.1 Å². The number of benzene rings is 1. The zero-order valence-corrected chi connectivity index (χ0v) is 18.7. The van der Waals surface area contributed by atoms with Gasteiger partial charge >= 0.3 is 0 Å². The predicted molar refractivity (Wildman–Crippen MR) is 125 cm³/mol. The summed E-state index contributed by atoms with van der Waals surface area (Å²) in [6, 6.07) is 16.8. The summed E-state index contributed by atoms with van der Waals surface area (Å²) in [5.41, 5.74) is 3.22. The van der Waals surface area contributed by atoms with E-state index in [1.807, 2.05) is 12.1 Å². The molecule has 1 amide bonds. The zero-order chi connectivity index (χ0) is 21.8. The lowest BCUT2D eigenvalue weighted by Crippen LogP contribution is -2.46. The van der Waals surface area contributed by atoms with Crippen LogP contribution in [-0.4, -0.2) is 71.0 Å². The molecule has 0 saturated carbocycles. The van der Waals surface area contributed by atoms with E-state index in [4.69, 9.17) is 9.72 Å². The Morgan fingerprint density at radius 2 is 1.72 bits per heavy atom. The number of piperidine rings is 1. The van der Waals surface area contributed by atoms with Crippen LogP contribution in [0.4, 0.5) is 0 Å². The number of imidazole rings is 1. The summed E-state index contributed by atoms with van der Waals surface area (Å²) in [4.78, 5) is 22.4. The second kappa shape index (κ2) is 9.43. The number of hydrogen-bond donors (Lipinski definition) is 0. The van der Waals surface area contributed by atoms with E-state index in [2.05, 4.69) is 63.0 Å². The summed E-state index contributed by atoms with van der Waals surface area (Å²) in [5, 5.41) is 0. The van der Waals surface area contributed by atoms with Crippen molar-refractivity contribution in [1.82, 2.24) is 19.2 Å². The highest BCUT2D eigenvalue weighted by molar-refractivity contribution is 5.76. The Kier molecular flexibility index (Phi) is 6.23. The first-order valence-corrected chi connectivity index (χ1v) is 11.8. The first-order valence-electron chi connectivity index (χ1n) is 11.8. The fourth-order valence-corrected chi connectivity index (χ4v) is 5.19. The number of morpholine rings is 1. The van der Waals surface area contributed by atoms with Gasteiger partial charge in [-0.25, -0.2) is 4.98 Å². The molecule has 6 nitrogen and oxygen atoms in total. The molecule has 2 aromatic heterocycles. The highest BCUT2D eigenvalue weighted by Gasteiger charge is 2.40. The third kappa shape index (κ3) is 4.30.